The number of rotatable bonds is 5. The highest BCUT2D eigenvalue weighted by Gasteiger charge is 2.27. The van der Waals surface area contributed by atoms with Crippen LogP contribution in [0.1, 0.15) is 45.9 Å². The molecule has 1 aromatic heterocycles. The average Bonchev–Trinajstić information content (AvgIpc) is 3.11. The van der Waals surface area contributed by atoms with Crippen LogP contribution < -0.4 is 0 Å². The van der Waals surface area contributed by atoms with Crippen molar-refractivity contribution in [2.24, 2.45) is 0 Å². The van der Waals surface area contributed by atoms with Gasteiger partial charge in [0.1, 0.15) is 15.6 Å². The van der Waals surface area contributed by atoms with Crippen molar-refractivity contribution in [1.29, 1.82) is 0 Å². The van der Waals surface area contributed by atoms with Crippen molar-refractivity contribution in [3.63, 3.8) is 0 Å². The van der Waals surface area contributed by atoms with E-state index in [0.29, 0.717) is 22.9 Å². The summed E-state index contributed by atoms with van der Waals surface area (Å²) in [7, 11) is 0. The molecule has 0 bridgehead atoms. The number of nitrogens with zero attached hydrogens (tertiary/aromatic N) is 2. The summed E-state index contributed by atoms with van der Waals surface area (Å²) in [5.41, 5.74) is 2.11. The molecule has 2 aromatic carbocycles. The van der Waals surface area contributed by atoms with E-state index in [2.05, 4.69) is 4.98 Å². The summed E-state index contributed by atoms with van der Waals surface area (Å²) in [5, 5.41) is 19.5. The fourth-order valence-corrected chi connectivity index (χ4v) is 4.44. The van der Waals surface area contributed by atoms with Crippen molar-refractivity contribution in [1.82, 2.24) is 9.88 Å². The number of aryl methyl sites for hydroxylation is 3. The highest BCUT2D eigenvalue weighted by Crippen LogP contribution is 2.36. The van der Waals surface area contributed by atoms with Gasteiger partial charge in [-0.15, -0.1) is 11.3 Å². The zero-order valence-corrected chi connectivity index (χ0v) is 19.1. The Bertz CT molecular complexity index is 1180. The molecule has 1 heterocycles. The second-order valence-electron chi connectivity index (χ2n) is 7.92. The predicted molar refractivity (Wildman–Crippen MR) is 116 cm³/mol. The summed E-state index contributed by atoms with van der Waals surface area (Å²) in [6.07, 6.45) is 0. The van der Waals surface area contributed by atoms with Gasteiger partial charge in [-0.05, 0) is 57.4 Å². The summed E-state index contributed by atoms with van der Waals surface area (Å²) >= 11 is 0.841. The van der Waals surface area contributed by atoms with Crippen molar-refractivity contribution >= 4 is 17.2 Å². The number of aromatic nitrogens is 1. The van der Waals surface area contributed by atoms with Crippen molar-refractivity contribution in [3.8, 4) is 22.1 Å². The van der Waals surface area contributed by atoms with Gasteiger partial charge in [0.05, 0.1) is 11.3 Å². The van der Waals surface area contributed by atoms with E-state index in [1.54, 1.807) is 37.8 Å². The van der Waals surface area contributed by atoms with Crippen LogP contribution in [0.5, 0.6) is 11.5 Å². The summed E-state index contributed by atoms with van der Waals surface area (Å²) in [4.78, 5) is 19.3. The second-order valence-corrected chi connectivity index (χ2v) is 8.92. The standard InChI is InChI=1S/C23H23F3N2O3S/c1-10(2)28(9-14-6-11(3)19(29)12(4)7-14)23(31)21-13(5)27-22(32-21)15-8-16(24)18(26)20(30)17(15)25/h6-8,10,29-30H,9H2,1-5H3. The lowest BCUT2D eigenvalue weighted by atomic mass is 10.0. The molecule has 0 atom stereocenters. The van der Waals surface area contributed by atoms with Crippen LogP contribution in [-0.2, 0) is 6.54 Å². The third-order valence-electron chi connectivity index (χ3n) is 5.14. The molecule has 1 amide bonds. The number of phenolic OH excluding ortho intramolecular Hbond substituents is 2. The number of benzene rings is 2. The van der Waals surface area contributed by atoms with Gasteiger partial charge in [0.2, 0.25) is 5.82 Å². The molecule has 0 spiro atoms. The molecule has 0 saturated carbocycles. The Kier molecular flexibility index (Phi) is 6.50. The van der Waals surface area contributed by atoms with E-state index in [-0.39, 0.29) is 34.1 Å². The molecule has 3 aromatic rings. The Hall–Kier alpha value is -3.07. The molecule has 0 radical (unpaired) electrons. The van der Waals surface area contributed by atoms with Gasteiger partial charge in [-0.3, -0.25) is 4.79 Å². The smallest absolute Gasteiger partial charge is 0.266 e. The molecule has 0 fully saturated rings. The summed E-state index contributed by atoms with van der Waals surface area (Å²) in [5.74, 6) is -6.01. The van der Waals surface area contributed by atoms with Crippen molar-refractivity contribution < 1.29 is 28.2 Å². The summed E-state index contributed by atoms with van der Waals surface area (Å²) < 4.78 is 41.5. The van der Waals surface area contributed by atoms with E-state index >= 15 is 0 Å². The van der Waals surface area contributed by atoms with E-state index in [1.165, 1.54) is 0 Å². The van der Waals surface area contributed by atoms with Crippen LogP contribution in [-0.4, -0.2) is 32.0 Å². The lowest BCUT2D eigenvalue weighted by molar-refractivity contribution is 0.0694. The van der Waals surface area contributed by atoms with Gasteiger partial charge in [-0.1, -0.05) is 12.1 Å². The zero-order chi connectivity index (χ0) is 23.9. The van der Waals surface area contributed by atoms with Gasteiger partial charge in [-0.25, -0.2) is 13.8 Å². The molecule has 170 valence electrons. The van der Waals surface area contributed by atoms with Crippen LogP contribution >= 0.6 is 11.3 Å². The van der Waals surface area contributed by atoms with Gasteiger partial charge in [0.15, 0.2) is 17.4 Å². The maximum atomic E-state index is 14.3. The number of carbonyl (C=O) groups excluding carboxylic acids is 1. The van der Waals surface area contributed by atoms with Gasteiger partial charge < -0.3 is 15.1 Å². The Morgan fingerprint density at radius 1 is 1.03 bits per heavy atom. The minimum absolute atomic E-state index is 0.0439. The highest BCUT2D eigenvalue weighted by atomic mass is 32.1. The predicted octanol–water partition coefficient (Wildman–Crippen LogP) is 5.61. The van der Waals surface area contributed by atoms with Gasteiger partial charge >= 0.3 is 0 Å². The minimum atomic E-state index is -1.68. The number of halogens is 3. The first kappa shape index (κ1) is 23.6. The fourth-order valence-electron chi connectivity index (χ4n) is 3.41. The molecule has 2 N–H and O–H groups in total. The minimum Gasteiger partial charge on any atom is -0.507 e. The Morgan fingerprint density at radius 2 is 1.62 bits per heavy atom. The summed E-state index contributed by atoms with van der Waals surface area (Å²) in [6, 6.07) is 4.02. The molecular formula is C23H23F3N2O3S. The molecule has 0 saturated heterocycles. The van der Waals surface area contributed by atoms with E-state index in [0.717, 1.165) is 16.9 Å². The van der Waals surface area contributed by atoms with Crippen LogP contribution in [0.2, 0.25) is 0 Å². The lowest BCUT2D eigenvalue weighted by Crippen LogP contribution is -2.36. The Morgan fingerprint density at radius 3 is 2.19 bits per heavy atom. The third kappa shape index (κ3) is 4.29. The number of amides is 1. The first-order valence-electron chi connectivity index (χ1n) is 9.86. The highest BCUT2D eigenvalue weighted by molar-refractivity contribution is 7.17. The normalized spacial score (nSPS) is 11.3. The molecular weight excluding hydrogens is 441 g/mol. The van der Waals surface area contributed by atoms with E-state index in [9.17, 15) is 28.2 Å². The molecule has 9 heteroatoms. The van der Waals surface area contributed by atoms with Crippen LogP contribution in [0.15, 0.2) is 18.2 Å². The number of aromatic hydroxyl groups is 2. The van der Waals surface area contributed by atoms with E-state index in [1.807, 2.05) is 13.8 Å². The summed E-state index contributed by atoms with van der Waals surface area (Å²) in [6.45, 7) is 9.09. The lowest BCUT2D eigenvalue weighted by Gasteiger charge is -2.27. The van der Waals surface area contributed by atoms with Crippen LogP contribution in [0.4, 0.5) is 13.2 Å². The second kappa shape index (κ2) is 8.82. The van der Waals surface area contributed by atoms with Crippen LogP contribution in [0.3, 0.4) is 0 Å². The SMILES string of the molecule is Cc1cc(CN(C(=O)c2sc(-c3cc(F)c(F)c(O)c3F)nc2C)C(C)C)cc(C)c1O. The van der Waals surface area contributed by atoms with E-state index < -0.39 is 28.8 Å². The number of thiazole rings is 1. The zero-order valence-electron chi connectivity index (χ0n) is 18.3. The Labute approximate surface area is 187 Å². The van der Waals surface area contributed by atoms with Gasteiger partial charge in [0, 0.05) is 12.6 Å². The average molecular weight is 465 g/mol. The molecule has 0 aliphatic heterocycles. The maximum Gasteiger partial charge on any atom is 0.266 e. The first-order valence-corrected chi connectivity index (χ1v) is 10.7. The third-order valence-corrected chi connectivity index (χ3v) is 6.32. The van der Waals surface area contributed by atoms with Gasteiger partial charge in [0.25, 0.3) is 5.91 Å². The van der Waals surface area contributed by atoms with Gasteiger partial charge in [-0.2, -0.15) is 4.39 Å². The fraction of sp³-hybridized carbons (Fsp3) is 0.304. The van der Waals surface area contributed by atoms with Crippen molar-refractivity contribution in [2.75, 3.05) is 0 Å². The number of hydrogen-bond donors (Lipinski definition) is 2. The maximum absolute atomic E-state index is 14.3. The first-order chi connectivity index (χ1) is 14.9. The Balaban J connectivity index is 1.99. The molecule has 0 aliphatic rings. The van der Waals surface area contributed by atoms with Crippen LogP contribution in [0.25, 0.3) is 10.6 Å². The quantitative estimate of drug-likeness (QED) is 0.481. The van der Waals surface area contributed by atoms with Crippen molar-refractivity contribution in [3.05, 3.63) is 62.9 Å². The number of hydrogen-bond acceptors (Lipinski definition) is 5. The van der Waals surface area contributed by atoms with E-state index in [4.69, 9.17) is 0 Å². The van der Waals surface area contributed by atoms with Crippen molar-refractivity contribution in [2.45, 2.75) is 47.2 Å². The monoisotopic (exact) mass is 464 g/mol. The topological polar surface area (TPSA) is 73.7 Å². The molecule has 0 unspecified atom stereocenters. The molecule has 32 heavy (non-hydrogen) atoms. The van der Waals surface area contributed by atoms with Crippen LogP contribution in [0, 0.1) is 38.2 Å². The number of phenols is 2. The number of carbonyl (C=O) groups is 1. The largest absolute Gasteiger partial charge is 0.507 e. The molecule has 3 rings (SSSR count). The molecule has 0 aliphatic carbocycles. The molecule has 5 nitrogen and oxygen atoms in total.